The predicted molar refractivity (Wildman–Crippen MR) is 69.1 cm³/mol. The number of piperidine rings is 1. The molecule has 0 amide bonds. The van der Waals surface area contributed by atoms with Crippen molar-refractivity contribution in [1.29, 1.82) is 0 Å². The predicted octanol–water partition coefficient (Wildman–Crippen LogP) is 2.81. The quantitative estimate of drug-likeness (QED) is 0.825. The molecule has 3 nitrogen and oxygen atoms in total. The molecule has 0 unspecified atom stereocenters. The summed E-state index contributed by atoms with van der Waals surface area (Å²) in [4.78, 5) is 0. The van der Waals surface area contributed by atoms with E-state index in [9.17, 15) is 0 Å². The molecule has 18 heavy (non-hydrogen) atoms. The van der Waals surface area contributed by atoms with Gasteiger partial charge < -0.3 is 14.8 Å². The van der Waals surface area contributed by atoms with Crippen molar-refractivity contribution in [1.82, 2.24) is 5.32 Å². The van der Waals surface area contributed by atoms with Gasteiger partial charge in [-0.2, -0.15) is 0 Å². The van der Waals surface area contributed by atoms with Crippen molar-refractivity contribution in [2.75, 3.05) is 13.1 Å². The first-order chi connectivity index (χ1) is 8.85. The van der Waals surface area contributed by atoms with Crippen LogP contribution in [0.1, 0.15) is 43.6 Å². The van der Waals surface area contributed by atoms with Crippen LogP contribution < -0.4 is 14.8 Å². The van der Waals surface area contributed by atoms with Gasteiger partial charge in [0.25, 0.3) is 5.79 Å². The molecule has 1 aliphatic carbocycles. The van der Waals surface area contributed by atoms with E-state index in [0.29, 0.717) is 5.92 Å². The summed E-state index contributed by atoms with van der Waals surface area (Å²) >= 11 is 0. The number of fused-ring (bicyclic) bond motifs is 1. The molecule has 0 atom stereocenters. The molecule has 2 fully saturated rings. The number of ether oxygens (including phenoxy) is 2. The molecule has 1 spiro atoms. The average molecular weight is 245 g/mol. The lowest BCUT2D eigenvalue weighted by Gasteiger charge is -2.35. The minimum Gasteiger partial charge on any atom is -0.448 e. The average Bonchev–Trinajstić information content (AvgIpc) is 2.78. The number of hydrogen-bond donors (Lipinski definition) is 1. The Kier molecular flexibility index (Phi) is 2.31. The van der Waals surface area contributed by atoms with Crippen molar-refractivity contribution in [3.05, 3.63) is 23.8 Å². The van der Waals surface area contributed by atoms with Crippen molar-refractivity contribution in [3.63, 3.8) is 0 Å². The van der Waals surface area contributed by atoms with E-state index in [0.717, 1.165) is 37.4 Å². The van der Waals surface area contributed by atoms with E-state index < -0.39 is 0 Å². The number of hydrogen-bond acceptors (Lipinski definition) is 3. The van der Waals surface area contributed by atoms with Gasteiger partial charge in [-0.05, 0) is 56.0 Å². The van der Waals surface area contributed by atoms with Gasteiger partial charge >= 0.3 is 0 Å². The van der Waals surface area contributed by atoms with Gasteiger partial charge in [-0.3, -0.25) is 0 Å². The van der Waals surface area contributed by atoms with Gasteiger partial charge in [0.2, 0.25) is 0 Å². The lowest BCUT2D eigenvalue weighted by molar-refractivity contribution is -0.138. The largest absolute Gasteiger partial charge is 0.448 e. The maximum absolute atomic E-state index is 6.02. The molecule has 1 N–H and O–H groups in total. The maximum atomic E-state index is 6.02. The standard InChI is InChI=1S/C15H19NO2/c1-6-15(7-1)17-13-3-2-12(10-14(13)18-15)11-4-8-16-9-5-11/h2-3,10-11,16H,1,4-9H2. The Hall–Kier alpha value is -1.22. The second kappa shape index (κ2) is 3.89. The van der Waals surface area contributed by atoms with Crippen LogP contribution in [0.25, 0.3) is 0 Å². The third kappa shape index (κ3) is 1.61. The van der Waals surface area contributed by atoms with E-state index in [-0.39, 0.29) is 5.79 Å². The van der Waals surface area contributed by atoms with Crippen molar-refractivity contribution < 1.29 is 9.47 Å². The summed E-state index contributed by atoms with van der Waals surface area (Å²) in [6.07, 6.45) is 5.74. The second-order valence-electron chi connectivity index (χ2n) is 5.70. The van der Waals surface area contributed by atoms with Crippen LogP contribution in [-0.4, -0.2) is 18.9 Å². The molecule has 3 heteroatoms. The molecule has 1 saturated carbocycles. The summed E-state index contributed by atoms with van der Waals surface area (Å²) in [6, 6.07) is 6.52. The summed E-state index contributed by atoms with van der Waals surface area (Å²) < 4.78 is 12.0. The van der Waals surface area contributed by atoms with E-state index in [1.54, 1.807) is 0 Å². The van der Waals surface area contributed by atoms with Crippen LogP contribution >= 0.6 is 0 Å². The fourth-order valence-corrected chi connectivity index (χ4v) is 3.19. The Morgan fingerprint density at radius 2 is 1.83 bits per heavy atom. The fourth-order valence-electron chi connectivity index (χ4n) is 3.19. The van der Waals surface area contributed by atoms with E-state index in [1.165, 1.54) is 24.8 Å². The van der Waals surface area contributed by atoms with Gasteiger partial charge in [0.1, 0.15) is 0 Å². The lowest BCUT2D eigenvalue weighted by atomic mass is 9.90. The number of rotatable bonds is 1. The lowest BCUT2D eigenvalue weighted by Crippen LogP contribution is -2.45. The van der Waals surface area contributed by atoms with Crippen LogP contribution in [0.4, 0.5) is 0 Å². The van der Waals surface area contributed by atoms with E-state index in [4.69, 9.17) is 9.47 Å². The molecule has 2 aliphatic heterocycles. The number of nitrogens with one attached hydrogen (secondary N) is 1. The topological polar surface area (TPSA) is 30.5 Å². The molecular formula is C15H19NO2. The minimum atomic E-state index is -0.297. The van der Waals surface area contributed by atoms with E-state index in [1.807, 2.05) is 0 Å². The second-order valence-corrected chi connectivity index (χ2v) is 5.70. The molecule has 1 aromatic carbocycles. The van der Waals surface area contributed by atoms with Crippen LogP contribution in [0.2, 0.25) is 0 Å². The van der Waals surface area contributed by atoms with Gasteiger partial charge in [0.05, 0.1) is 0 Å². The summed E-state index contributed by atoms with van der Waals surface area (Å²) in [6.45, 7) is 2.26. The van der Waals surface area contributed by atoms with E-state index in [2.05, 4.69) is 23.5 Å². The molecule has 96 valence electrons. The van der Waals surface area contributed by atoms with Gasteiger partial charge in [0, 0.05) is 12.8 Å². The Morgan fingerprint density at radius 1 is 1.06 bits per heavy atom. The van der Waals surface area contributed by atoms with Crippen molar-refractivity contribution in [3.8, 4) is 11.5 Å². The molecule has 0 aromatic heterocycles. The highest BCUT2D eigenvalue weighted by atomic mass is 16.7. The Bertz CT molecular complexity index is 462. The first-order valence-electron chi connectivity index (χ1n) is 7.07. The molecular weight excluding hydrogens is 226 g/mol. The molecule has 0 bridgehead atoms. The van der Waals surface area contributed by atoms with Crippen molar-refractivity contribution in [2.45, 2.75) is 43.8 Å². The van der Waals surface area contributed by atoms with Crippen LogP contribution in [0, 0.1) is 0 Å². The summed E-state index contributed by atoms with van der Waals surface area (Å²) in [5.74, 6) is 2.28. The molecule has 2 heterocycles. The molecule has 4 rings (SSSR count). The number of benzene rings is 1. The molecule has 3 aliphatic rings. The first kappa shape index (κ1) is 10.7. The first-order valence-corrected chi connectivity index (χ1v) is 7.07. The van der Waals surface area contributed by atoms with Gasteiger partial charge in [-0.25, -0.2) is 0 Å². The van der Waals surface area contributed by atoms with Crippen molar-refractivity contribution in [2.24, 2.45) is 0 Å². The smallest absolute Gasteiger partial charge is 0.251 e. The highest BCUT2D eigenvalue weighted by Gasteiger charge is 2.47. The minimum absolute atomic E-state index is 0.297. The zero-order valence-electron chi connectivity index (χ0n) is 10.6. The normalized spacial score (nSPS) is 25.1. The molecule has 1 aromatic rings. The monoisotopic (exact) mass is 245 g/mol. The van der Waals surface area contributed by atoms with Gasteiger partial charge in [0.15, 0.2) is 11.5 Å². The molecule has 0 radical (unpaired) electrons. The zero-order chi connectivity index (χ0) is 12.0. The third-order valence-electron chi connectivity index (χ3n) is 4.49. The van der Waals surface area contributed by atoms with Crippen LogP contribution in [0.5, 0.6) is 11.5 Å². The SMILES string of the molecule is c1cc2c(cc1C1CCNCC1)OC1(CCC1)O2. The Labute approximate surface area is 107 Å². The summed E-state index contributed by atoms with van der Waals surface area (Å²) in [7, 11) is 0. The van der Waals surface area contributed by atoms with Crippen LogP contribution in [0.15, 0.2) is 18.2 Å². The van der Waals surface area contributed by atoms with Crippen LogP contribution in [-0.2, 0) is 0 Å². The maximum Gasteiger partial charge on any atom is 0.251 e. The molecule has 1 saturated heterocycles. The van der Waals surface area contributed by atoms with Crippen molar-refractivity contribution >= 4 is 0 Å². The van der Waals surface area contributed by atoms with Gasteiger partial charge in [-0.1, -0.05) is 6.07 Å². The van der Waals surface area contributed by atoms with E-state index >= 15 is 0 Å². The highest BCUT2D eigenvalue weighted by molar-refractivity contribution is 5.47. The van der Waals surface area contributed by atoms with Crippen LogP contribution in [0.3, 0.4) is 0 Å². The fraction of sp³-hybridized carbons (Fsp3) is 0.600. The highest BCUT2D eigenvalue weighted by Crippen LogP contribution is 2.49. The Balaban J connectivity index is 1.59. The third-order valence-corrected chi connectivity index (χ3v) is 4.49. The Morgan fingerprint density at radius 3 is 2.56 bits per heavy atom. The van der Waals surface area contributed by atoms with Gasteiger partial charge in [-0.15, -0.1) is 0 Å². The zero-order valence-corrected chi connectivity index (χ0v) is 10.6. The summed E-state index contributed by atoms with van der Waals surface area (Å²) in [5, 5.41) is 3.41. The summed E-state index contributed by atoms with van der Waals surface area (Å²) in [5.41, 5.74) is 1.41.